The minimum atomic E-state index is -1.80. The molecule has 12 unspecified atom stereocenters. The molecule has 88 heavy (non-hydrogen) atoms. The van der Waals surface area contributed by atoms with E-state index in [2.05, 4.69) is 141 Å². The fourth-order valence-electron chi connectivity index (χ4n) is 10.4. The van der Waals surface area contributed by atoms with Crippen molar-refractivity contribution in [2.45, 2.75) is 306 Å². The summed E-state index contributed by atoms with van der Waals surface area (Å²) in [6, 6.07) is -0.942. The van der Waals surface area contributed by atoms with Gasteiger partial charge >= 0.3 is 0 Å². The van der Waals surface area contributed by atoms with Crippen LogP contribution in [0.4, 0.5) is 0 Å². The lowest BCUT2D eigenvalue weighted by Gasteiger charge is -2.46. The fraction of sp³-hybridized carbons (Fsp3) is 0.689. The highest BCUT2D eigenvalue weighted by Crippen LogP contribution is 2.30. The summed E-state index contributed by atoms with van der Waals surface area (Å²) in [5, 5.41) is 87.2. The van der Waals surface area contributed by atoms with Crippen molar-refractivity contribution in [3.8, 4) is 0 Å². The van der Waals surface area contributed by atoms with Crippen LogP contribution in [-0.2, 0) is 23.7 Å². The molecule has 0 aromatic carbocycles. The summed E-state index contributed by atoms with van der Waals surface area (Å²) in [5.74, 6) is -0.258. The summed E-state index contributed by atoms with van der Waals surface area (Å²) < 4.78 is 22.8. The van der Waals surface area contributed by atoms with E-state index >= 15 is 0 Å². The molecule has 502 valence electrons. The van der Waals surface area contributed by atoms with Gasteiger partial charge in [-0.15, -0.1) is 0 Å². The highest BCUT2D eigenvalue weighted by Gasteiger charge is 2.51. The second-order valence-electron chi connectivity index (χ2n) is 23.6. The number of hydrogen-bond acceptors (Lipinski definition) is 13. The van der Waals surface area contributed by atoms with E-state index < -0.39 is 86.8 Å². The lowest BCUT2D eigenvalue weighted by molar-refractivity contribution is -0.359. The molecule has 0 bridgehead atoms. The average molecular weight is 1230 g/mol. The lowest BCUT2D eigenvalue weighted by atomic mass is 9.97. The zero-order valence-electron chi connectivity index (χ0n) is 54.4. The van der Waals surface area contributed by atoms with Crippen LogP contribution < -0.4 is 5.32 Å². The van der Waals surface area contributed by atoms with Crippen LogP contribution in [-0.4, -0.2) is 140 Å². The molecule has 0 saturated carbocycles. The van der Waals surface area contributed by atoms with E-state index in [4.69, 9.17) is 18.9 Å². The number of unbranched alkanes of at least 4 members (excludes halogenated alkanes) is 21. The minimum Gasteiger partial charge on any atom is -0.394 e. The van der Waals surface area contributed by atoms with Gasteiger partial charge in [0.2, 0.25) is 5.91 Å². The van der Waals surface area contributed by atoms with Crippen molar-refractivity contribution in [3.05, 3.63) is 134 Å². The maximum absolute atomic E-state index is 13.3. The molecule has 14 nitrogen and oxygen atoms in total. The molecule has 2 fully saturated rings. The molecule has 2 saturated heterocycles. The molecule has 0 spiro atoms. The molecule has 12 atom stereocenters. The standard InChI is InChI=1S/C74H123NO13/c1-3-5-7-9-11-13-15-17-19-20-21-22-23-24-25-26-27-28-29-30-31-32-33-34-35-36-37-38-39-40-41-42-44-46-48-50-52-54-56-58-66(79)75-62(63(78)57-55-53-51-49-47-45-43-18-16-14-12-10-8-6-4-2)61-85-73-71(84)69(82)72(65(60-77)87-73)88-74-70(83)68(81)67(80)64(59-76)86-74/h5,7,11,13,17,19,21-22,24-25,27-28,30-31,33-34,36-37,47,49,55,57,62-65,67-74,76-78,80-84H,3-4,6,8-10,12,14-16,18,20,23,26,29,32,35,38-46,48,50-54,56,58-61H2,1-2H3,(H,75,79)/b7-5-,13-11-,19-17-,22-21-,25-24-,28-27-,31-30-,34-33-,37-36-,49-47+,57-55+. The van der Waals surface area contributed by atoms with Crippen LogP contribution in [0.3, 0.4) is 0 Å². The summed E-state index contributed by atoms with van der Waals surface area (Å²) >= 11 is 0. The normalized spacial score (nSPS) is 24.0. The SMILES string of the molecule is CC/C=C\C/C=C\C/C=C\C/C=C\C/C=C\C/C=C\C/C=C\C/C=C\C/C=C\CCCCCCCCCCCCCC(=O)NC(COC1OC(CO)C(OC2OC(CO)C(O)C(O)C2O)C(O)C1O)C(O)/C=C/CC/C=C/CCCCCCCCCCC. The zero-order chi connectivity index (χ0) is 63.8. The van der Waals surface area contributed by atoms with Crippen LogP contribution in [0.5, 0.6) is 0 Å². The molecule has 1 amide bonds. The molecule has 0 aromatic heterocycles. The maximum Gasteiger partial charge on any atom is 0.220 e. The zero-order valence-corrected chi connectivity index (χ0v) is 54.4. The Kier molecular flexibility index (Phi) is 52.0. The molecule has 2 aliphatic heterocycles. The van der Waals surface area contributed by atoms with Gasteiger partial charge in [0.1, 0.15) is 48.8 Å². The number of amides is 1. The highest BCUT2D eigenvalue weighted by atomic mass is 16.7. The number of carbonyl (C=O) groups excluding carboxylic acids is 1. The van der Waals surface area contributed by atoms with Crippen LogP contribution in [0.15, 0.2) is 134 Å². The third-order valence-corrected chi connectivity index (χ3v) is 15.8. The summed E-state index contributed by atoms with van der Waals surface area (Å²) in [5.41, 5.74) is 0. The van der Waals surface area contributed by atoms with Gasteiger partial charge < -0.3 is 65.1 Å². The largest absolute Gasteiger partial charge is 0.394 e. The summed E-state index contributed by atoms with van der Waals surface area (Å²) in [6.07, 6.45) is 67.9. The maximum atomic E-state index is 13.3. The molecular formula is C74H123NO13. The van der Waals surface area contributed by atoms with E-state index in [1.807, 2.05) is 6.08 Å². The Morgan fingerprint density at radius 2 is 0.795 bits per heavy atom. The van der Waals surface area contributed by atoms with Crippen LogP contribution in [0.2, 0.25) is 0 Å². The fourth-order valence-corrected chi connectivity index (χ4v) is 10.4. The van der Waals surface area contributed by atoms with Crippen molar-refractivity contribution >= 4 is 5.91 Å². The van der Waals surface area contributed by atoms with Gasteiger partial charge in [0.15, 0.2) is 12.6 Å². The lowest BCUT2D eigenvalue weighted by Crippen LogP contribution is -2.65. The Labute approximate surface area is 532 Å². The summed E-state index contributed by atoms with van der Waals surface area (Å²) in [7, 11) is 0. The Hall–Kier alpha value is -3.87. The molecule has 9 N–H and O–H groups in total. The van der Waals surface area contributed by atoms with E-state index in [1.165, 1.54) is 103 Å². The van der Waals surface area contributed by atoms with Crippen molar-refractivity contribution in [2.24, 2.45) is 0 Å². The second kappa shape index (κ2) is 57.1. The number of carbonyl (C=O) groups is 1. The number of nitrogens with one attached hydrogen (secondary N) is 1. The molecular weight excluding hydrogens is 1110 g/mol. The monoisotopic (exact) mass is 1230 g/mol. The Bertz CT molecular complexity index is 1990. The number of aliphatic hydroxyl groups is 8. The van der Waals surface area contributed by atoms with Crippen LogP contribution in [0.25, 0.3) is 0 Å². The summed E-state index contributed by atoms with van der Waals surface area (Å²) in [4.78, 5) is 13.3. The van der Waals surface area contributed by atoms with Gasteiger partial charge in [0, 0.05) is 6.42 Å². The molecule has 2 aliphatic rings. The van der Waals surface area contributed by atoms with Gasteiger partial charge in [-0.05, 0) is 103 Å². The van der Waals surface area contributed by atoms with Gasteiger partial charge in [0.05, 0.1) is 32.0 Å². The van der Waals surface area contributed by atoms with Crippen molar-refractivity contribution in [1.82, 2.24) is 5.32 Å². The van der Waals surface area contributed by atoms with Crippen molar-refractivity contribution in [2.75, 3.05) is 19.8 Å². The first kappa shape index (κ1) is 80.2. The first-order chi connectivity index (χ1) is 43.1. The predicted molar refractivity (Wildman–Crippen MR) is 359 cm³/mol. The van der Waals surface area contributed by atoms with Gasteiger partial charge in [-0.2, -0.15) is 0 Å². The van der Waals surface area contributed by atoms with E-state index in [9.17, 15) is 45.6 Å². The number of rotatable bonds is 54. The first-order valence-corrected chi connectivity index (χ1v) is 34.4. The van der Waals surface area contributed by atoms with Crippen molar-refractivity contribution < 1.29 is 64.6 Å². The molecule has 14 heteroatoms. The number of ether oxygens (including phenoxy) is 4. The number of allylic oxidation sites excluding steroid dienone is 21. The van der Waals surface area contributed by atoms with E-state index in [1.54, 1.807) is 6.08 Å². The molecule has 0 radical (unpaired) electrons. The Morgan fingerprint density at radius 3 is 1.25 bits per heavy atom. The Balaban J connectivity index is 1.63. The third kappa shape index (κ3) is 40.8. The van der Waals surface area contributed by atoms with E-state index in [0.29, 0.717) is 12.8 Å². The predicted octanol–water partition coefficient (Wildman–Crippen LogP) is 13.9. The van der Waals surface area contributed by atoms with Crippen molar-refractivity contribution in [3.63, 3.8) is 0 Å². The van der Waals surface area contributed by atoms with Crippen LogP contribution in [0.1, 0.15) is 232 Å². The van der Waals surface area contributed by atoms with E-state index in [-0.39, 0.29) is 18.9 Å². The number of aliphatic hydroxyl groups excluding tert-OH is 8. The topological polar surface area (TPSA) is 228 Å². The molecule has 0 aliphatic carbocycles. The average Bonchev–Trinajstić information content (AvgIpc) is 2.99. The van der Waals surface area contributed by atoms with Crippen molar-refractivity contribution in [1.29, 1.82) is 0 Å². The minimum absolute atomic E-state index is 0.258. The smallest absolute Gasteiger partial charge is 0.220 e. The van der Waals surface area contributed by atoms with Gasteiger partial charge in [-0.25, -0.2) is 0 Å². The highest BCUT2D eigenvalue weighted by molar-refractivity contribution is 5.76. The van der Waals surface area contributed by atoms with Gasteiger partial charge in [-0.1, -0.05) is 257 Å². The first-order valence-electron chi connectivity index (χ1n) is 34.4. The molecule has 0 aromatic rings. The quantitative estimate of drug-likeness (QED) is 0.0204. The molecule has 2 heterocycles. The Morgan fingerprint density at radius 1 is 0.420 bits per heavy atom. The van der Waals surface area contributed by atoms with Crippen LogP contribution in [0, 0.1) is 0 Å². The summed E-state index contributed by atoms with van der Waals surface area (Å²) in [6.45, 7) is 2.65. The van der Waals surface area contributed by atoms with Gasteiger partial charge in [-0.3, -0.25) is 4.79 Å². The van der Waals surface area contributed by atoms with Gasteiger partial charge in [0.25, 0.3) is 0 Å². The van der Waals surface area contributed by atoms with E-state index in [0.717, 1.165) is 96.3 Å². The number of hydrogen-bond donors (Lipinski definition) is 9. The second-order valence-corrected chi connectivity index (χ2v) is 23.6. The van der Waals surface area contributed by atoms with Crippen LogP contribution >= 0.6 is 0 Å². The third-order valence-electron chi connectivity index (χ3n) is 15.8. The molecule has 2 rings (SSSR count).